The van der Waals surface area contributed by atoms with Gasteiger partial charge in [-0.15, -0.1) is 0 Å². The first kappa shape index (κ1) is 13.2. The zero-order valence-corrected chi connectivity index (χ0v) is 13.0. The van der Waals surface area contributed by atoms with Crippen LogP contribution in [0.2, 0.25) is 0 Å². The number of hydrogen-bond acceptors (Lipinski definition) is 4. The normalized spacial score (nSPS) is 10.7. The van der Waals surface area contributed by atoms with Crippen LogP contribution in [0.25, 0.3) is 10.2 Å². The third-order valence-electron chi connectivity index (χ3n) is 2.81. The minimum Gasteiger partial charge on any atom is -0.298 e. The summed E-state index contributed by atoms with van der Waals surface area (Å²) in [7, 11) is 0. The number of halogens is 1. The number of nitrogens with zero attached hydrogens (tertiary/aromatic N) is 2. The van der Waals surface area contributed by atoms with E-state index in [-0.39, 0.29) is 5.91 Å². The molecule has 100 valence electrons. The highest BCUT2D eigenvalue weighted by molar-refractivity contribution is 9.10. The fraction of sp³-hybridized carbons (Fsp3) is 0.0714. The highest BCUT2D eigenvalue weighted by atomic mass is 79.9. The van der Waals surface area contributed by atoms with Crippen molar-refractivity contribution in [2.45, 2.75) is 6.92 Å². The van der Waals surface area contributed by atoms with Gasteiger partial charge in [0.05, 0.1) is 4.70 Å². The molecule has 1 N–H and O–H groups in total. The Labute approximate surface area is 128 Å². The summed E-state index contributed by atoms with van der Waals surface area (Å²) in [6.07, 6.45) is 1.79. The second kappa shape index (κ2) is 5.30. The van der Waals surface area contributed by atoms with Crippen LogP contribution in [0.1, 0.15) is 15.9 Å². The van der Waals surface area contributed by atoms with Crippen LogP contribution in [0.4, 0.5) is 5.13 Å². The van der Waals surface area contributed by atoms with Crippen molar-refractivity contribution < 1.29 is 4.79 Å². The predicted molar refractivity (Wildman–Crippen MR) is 84.2 cm³/mol. The highest BCUT2D eigenvalue weighted by Gasteiger charge is 2.13. The molecule has 1 amide bonds. The number of fused-ring (bicyclic) bond motifs is 1. The number of carbonyl (C=O) groups is 1. The van der Waals surface area contributed by atoms with Crippen LogP contribution in [-0.4, -0.2) is 15.9 Å². The van der Waals surface area contributed by atoms with Gasteiger partial charge in [-0.2, -0.15) is 0 Å². The number of aryl methyl sites for hydroxylation is 1. The Morgan fingerprint density at radius 1 is 1.30 bits per heavy atom. The summed E-state index contributed by atoms with van der Waals surface area (Å²) < 4.78 is 1.71. The van der Waals surface area contributed by atoms with Gasteiger partial charge in [0.1, 0.15) is 10.1 Å². The number of thiazole rings is 1. The summed E-state index contributed by atoms with van der Waals surface area (Å²) in [5, 5.41) is 3.40. The third-order valence-corrected chi connectivity index (χ3v) is 4.50. The molecule has 0 aliphatic carbocycles. The molecule has 20 heavy (non-hydrogen) atoms. The Balaban J connectivity index is 1.94. The Bertz CT molecular complexity index is 747. The Morgan fingerprint density at radius 2 is 2.05 bits per heavy atom. The van der Waals surface area contributed by atoms with Crippen molar-refractivity contribution in [1.82, 2.24) is 9.97 Å². The molecule has 1 aromatic carbocycles. The van der Waals surface area contributed by atoms with E-state index in [0.717, 1.165) is 15.8 Å². The number of aromatic nitrogens is 2. The quantitative estimate of drug-likeness (QED) is 0.712. The second-order valence-corrected chi connectivity index (χ2v) is 6.00. The molecule has 0 atom stereocenters. The topological polar surface area (TPSA) is 54.9 Å². The van der Waals surface area contributed by atoms with E-state index < -0.39 is 0 Å². The van der Waals surface area contributed by atoms with Crippen LogP contribution in [0.3, 0.4) is 0 Å². The lowest BCUT2D eigenvalue weighted by atomic mass is 10.2. The first-order valence-corrected chi connectivity index (χ1v) is 7.54. The molecule has 0 fully saturated rings. The first-order chi connectivity index (χ1) is 9.65. The lowest BCUT2D eigenvalue weighted by molar-refractivity contribution is 0.102. The van der Waals surface area contributed by atoms with Gasteiger partial charge >= 0.3 is 0 Å². The molecule has 0 saturated heterocycles. The van der Waals surface area contributed by atoms with E-state index in [1.54, 1.807) is 18.3 Å². The fourth-order valence-electron chi connectivity index (χ4n) is 1.81. The number of rotatable bonds is 2. The van der Waals surface area contributed by atoms with Crippen LogP contribution < -0.4 is 5.32 Å². The van der Waals surface area contributed by atoms with E-state index in [9.17, 15) is 4.79 Å². The van der Waals surface area contributed by atoms with Crippen molar-refractivity contribution in [2.24, 2.45) is 0 Å². The summed E-state index contributed by atoms with van der Waals surface area (Å²) in [6.45, 7) is 1.97. The molecule has 0 spiro atoms. The molecule has 0 bridgehead atoms. The molecule has 0 aliphatic heterocycles. The molecular formula is C14H10BrN3OS. The molecule has 6 heteroatoms. The van der Waals surface area contributed by atoms with Crippen molar-refractivity contribution in [1.29, 1.82) is 0 Å². The zero-order valence-electron chi connectivity index (χ0n) is 10.6. The van der Waals surface area contributed by atoms with Gasteiger partial charge in [0.25, 0.3) is 5.91 Å². The van der Waals surface area contributed by atoms with Crippen LogP contribution in [0.15, 0.2) is 41.1 Å². The number of hydrogen-bond donors (Lipinski definition) is 1. The van der Waals surface area contributed by atoms with Crippen molar-refractivity contribution in [3.8, 4) is 0 Å². The van der Waals surface area contributed by atoms with Gasteiger partial charge in [-0.25, -0.2) is 9.97 Å². The van der Waals surface area contributed by atoms with Crippen LogP contribution in [0.5, 0.6) is 0 Å². The van der Waals surface area contributed by atoms with Gasteiger partial charge in [0, 0.05) is 11.8 Å². The number of benzene rings is 1. The number of pyridine rings is 1. The maximum Gasteiger partial charge on any atom is 0.257 e. The molecule has 0 aliphatic rings. The summed E-state index contributed by atoms with van der Waals surface area (Å²) in [4.78, 5) is 20.7. The minimum atomic E-state index is -0.161. The molecule has 0 saturated carbocycles. The van der Waals surface area contributed by atoms with Crippen molar-refractivity contribution >= 4 is 48.5 Å². The van der Waals surface area contributed by atoms with E-state index in [4.69, 9.17) is 0 Å². The van der Waals surface area contributed by atoms with E-state index in [1.165, 1.54) is 11.3 Å². The summed E-state index contributed by atoms with van der Waals surface area (Å²) >= 11 is 4.82. The molecule has 0 unspecified atom stereocenters. The maximum atomic E-state index is 12.1. The molecule has 3 aromatic rings. The molecule has 2 aromatic heterocycles. The standard InChI is InChI=1S/C14H10BrN3OS/c1-8-7-16-12(15)10-11(8)20-14(17-10)18-13(19)9-5-3-2-4-6-9/h2-7H,1H3,(H,17,18,19). The van der Waals surface area contributed by atoms with Crippen molar-refractivity contribution in [3.05, 3.63) is 52.3 Å². The van der Waals surface area contributed by atoms with E-state index in [2.05, 4.69) is 31.2 Å². The van der Waals surface area contributed by atoms with Crippen LogP contribution in [-0.2, 0) is 0 Å². The van der Waals surface area contributed by atoms with Gasteiger partial charge in [-0.05, 0) is 40.5 Å². The summed E-state index contributed by atoms with van der Waals surface area (Å²) in [6, 6.07) is 9.08. The number of amides is 1. The third kappa shape index (κ3) is 2.44. The van der Waals surface area contributed by atoms with E-state index >= 15 is 0 Å². The lowest BCUT2D eigenvalue weighted by Gasteiger charge is -2.00. The smallest absolute Gasteiger partial charge is 0.257 e. The lowest BCUT2D eigenvalue weighted by Crippen LogP contribution is -2.11. The molecule has 2 heterocycles. The second-order valence-electron chi connectivity index (χ2n) is 4.25. The van der Waals surface area contributed by atoms with E-state index in [1.807, 2.05) is 25.1 Å². The van der Waals surface area contributed by atoms with Gasteiger partial charge in [0.15, 0.2) is 5.13 Å². The number of anilines is 1. The van der Waals surface area contributed by atoms with Gasteiger partial charge < -0.3 is 0 Å². The largest absolute Gasteiger partial charge is 0.298 e. The van der Waals surface area contributed by atoms with Gasteiger partial charge in [0.2, 0.25) is 0 Å². The molecule has 3 rings (SSSR count). The fourth-order valence-corrected chi connectivity index (χ4v) is 3.26. The monoisotopic (exact) mass is 347 g/mol. The molecule has 4 nitrogen and oxygen atoms in total. The predicted octanol–water partition coefficient (Wildman–Crippen LogP) is 4.01. The average molecular weight is 348 g/mol. The Kier molecular flexibility index (Phi) is 3.50. The molecular weight excluding hydrogens is 338 g/mol. The maximum absolute atomic E-state index is 12.1. The first-order valence-electron chi connectivity index (χ1n) is 5.93. The number of nitrogens with one attached hydrogen (secondary N) is 1. The van der Waals surface area contributed by atoms with Crippen LogP contribution >= 0.6 is 27.3 Å². The number of carbonyl (C=O) groups excluding carboxylic acids is 1. The Morgan fingerprint density at radius 3 is 2.75 bits per heavy atom. The summed E-state index contributed by atoms with van der Waals surface area (Å²) in [5.74, 6) is -0.161. The SMILES string of the molecule is Cc1cnc(Br)c2nc(NC(=O)c3ccccc3)sc12. The van der Waals surface area contributed by atoms with Crippen molar-refractivity contribution in [2.75, 3.05) is 5.32 Å². The van der Waals surface area contributed by atoms with Gasteiger partial charge in [-0.1, -0.05) is 29.5 Å². The summed E-state index contributed by atoms with van der Waals surface area (Å²) in [5.41, 5.74) is 2.43. The zero-order chi connectivity index (χ0) is 14.1. The average Bonchev–Trinajstić information content (AvgIpc) is 2.89. The highest BCUT2D eigenvalue weighted by Crippen LogP contribution is 2.32. The minimum absolute atomic E-state index is 0.161. The Hall–Kier alpha value is -1.79. The van der Waals surface area contributed by atoms with Gasteiger partial charge in [-0.3, -0.25) is 10.1 Å². The molecule has 0 radical (unpaired) electrons. The van der Waals surface area contributed by atoms with Crippen LogP contribution in [0, 0.1) is 6.92 Å². The van der Waals surface area contributed by atoms with Crippen molar-refractivity contribution in [3.63, 3.8) is 0 Å². The van der Waals surface area contributed by atoms with E-state index in [0.29, 0.717) is 15.3 Å².